The molecule has 0 heterocycles. The summed E-state index contributed by atoms with van der Waals surface area (Å²) < 4.78 is 0. The number of hydrogen-bond acceptors (Lipinski definition) is 2. The minimum Gasteiger partial charge on any atom is -0.322 e. The Bertz CT molecular complexity index is 233. The first-order valence-corrected chi connectivity index (χ1v) is 5.78. The lowest BCUT2D eigenvalue weighted by Crippen LogP contribution is -2.41. The lowest BCUT2D eigenvalue weighted by molar-refractivity contribution is -0.118. The first-order chi connectivity index (χ1) is 8.11. The molecule has 17 heavy (non-hydrogen) atoms. The summed E-state index contributed by atoms with van der Waals surface area (Å²) in [6.45, 7) is 12.4. The number of nitrogens with zero attached hydrogens (tertiary/aromatic N) is 2. The standard InChI is InChI=1S/C13H22N2O2/c1-5-13(6-2,9-14(7-3)11-16)10-15(8-4)12-17/h7-8,11-12H,3-6,9-10H2,1-2H3. The first-order valence-electron chi connectivity index (χ1n) is 5.78. The highest BCUT2D eigenvalue weighted by Crippen LogP contribution is 2.28. The Labute approximate surface area is 104 Å². The van der Waals surface area contributed by atoms with Crippen molar-refractivity contribution in [1.29, 1.82) is 0 Å². The van der Waals surface area contributed by atoms with Gasteiger partial charge < -0.3 is 9.80 Å². The van der Waals surface area contributed by atoms with Crippen LogP contribution in [0.15, 0.2) is 25.6 Å². The summed E-state index contributed by atoms with van der Waals surface area (Å²) in [5.74, 6) is 0. The quantitative estimate of drug-likeness (QED) is 0.546. The summed E-state index contributed by atoms with van der Waals surface area (Å²) in [6.07, 6.45) is 6.27. The zero-order chi connectivity index (χ0) is 13.3. The van der Waals surface area contributed by atoms with Crippen molar-refractivity contribution >= 4 is 12.8 Å². The molecule has 0 radical (unpaired) electrons. The van der Waals surface area contributed by atoms with E-state index >= 15 is 0 Å². The SMILES string of the molecule is C=CN(C=O)CC(CC)(CC)CN(C=C)C=O. The normalized spacial score (nSPS) is 10.5. The van der Waals surface area contributed by atoms with E-state index < -0.39 is 0 Å². The number of hydrogen-bond donors (Lipinski definition) is 0. The molecule has 0 aliphatic heterocycles. The fourth-order valence-electron chi connectivity index (χ4n) is 1.81. The van der Waals surface area contributed by atoms with Gasteiger partial charge in [-0.1, -0.05) is 27.0 Å². The highest BCUT2D eigenvalue weighted by molar-refractivity contribution is 5.50. The summed E-state index contributed by atoms with van der Waals surface area (Å²) in [7, 11) is 0. The van der Waals surface area contributed by atoms with Gasteiger partial charge in [-0.25, -0.2) is 0 Å². The molecule has 0 fully saturated rings. The van der Waals surface area contributed by atoms with Gasteiger partial charge in [-0.15, -0.1) is 0 Å². The van der Waals surface area contributed by atoms with Crippen molar-refractivity contribution in [2.45, 2.75) is 26.7 Å². The van der Waals surface area contributed by atoms with Crippen molar-refractivity contribution < 1.29 is 9.59 Å². The summed E-state index contributed by atoms with van der Waals surface area (Å²) in [5.41, 5.74) is -0.121. The van der Waals surface area contributed by atoms with Crippen molar-refractivity contribution in [3.63, 3.8) is 0 Å². The van der Waals surface area contributed by atoms with Crippen LogP contribution in [0.5, 0.6) is 0 Å². The highest BCUT2D eigenvalue weighted by Gasteiger charge is 2.29. The predicted molar refractivity (Wildman–Crippen MR) is 68.9 cm³/mol. The Morgan fingerprint density at radius 1 is 0.941 bits per heavy atom. The monoisotopic (exact) mass is 238 g/mol. The molecule has 0 spiro atoms. The molecule has 96 valence electrons. The molecule has 0 aromatic carbocycles. The van der Waals surface area contributed by atoms with Gasteiger partial charge in [0.1, 0.15) is 0 Å². The Morgan fingerprint density at radius 2 is 1.29 bits per heavy atom. The third-order valence-corrected chi connectivity index (χ3v) is 3.28. The Balaban J connectivity index is 4.86. The Hall–Kier alpha value is -1.58. The van der Waals surface area contributed by atoms with Crippen LogP contribution in [0.25, 0.3) is 0 Å². The first kappa shape index (κ1) is 15.4. The maximum atomic E-state index is 10.8. The molecular weight excluding hydrogens is 216 g/mol. The third-order valence-electron chi connectivity index (χ3n) is 3.28. The molecule has 0 saturated heterocycles. The second kappa shape index (κ2) is 7.65. The number of carbonyl (C=O) groups is 2. The van der Waals surface area contributed by atoms with Crippen molar-refractivity contribution in [2.24, 2.45) is 5.41 Å². The van der Waals surface area contributed by atoms with Crippen LogP contribution in [0.2, 0.25) is 0 Å². The molecule has 0 N–H and O–H groups in total. The lowest BCUT2D eigenvalue weighted by Gasteiger charge is -2.36. The van der Waals surface area contributed by atoms with Crippen molar-refractivity contribution in [3.8, 4) is 0 Å². The van der Waals surface area contributed by atoms with Gasteiger partial charge in [0.15, 0.2) is 0 Å². The van der Waals surface area contributed by atoms with Gasteiger partial charge in [0.05, 0.1) is 0 Å². The van der Waals surface area contributed by atoms with E-state index in [1.54, 1.807) is 0 Å². The van der Waals surface area contributed by atoms with E-state index in [0.29, 0.717) is 13.1 Å². The van der Waals surface area contributed by atoms with Crippen LogP contribution in [0.4, 0.5) is 0 Å². The van der Waals surface area contributed by atoms with Gasteiger partial charge in [-0.3, -0.25) is 9.59 Å². The number of amides is 2. The topological polar surface area (TPSA) is 40.6 Å². The molecule has 0 aromatic rings. The lowest BCUT2D eigenvalue weighted by atomic mass is 9.81. The van der Waals surface area contributed by atoms with Crippen LogP contribution in [-0.2, 0) is 9.59 Å². The molecule has 0 atom stereocenters. The maximum absolute atomic E-state index is 10.8. The van der Waals surface area contributed by atoms with Crippen LogP contribution >= 0.6 is 0 Å². The average Bonchev–Trinajstić information content (AvgIpc) is 2.40. The number of carbonyl (C=O) groups excluding carboxylic acids is 2. The van der Waals surface area contributed by atoms with E-state index in [-0.39, 0.29) is 5.41 Å². The van der Waals surface area contributed by atoms with Crippen LogP contribution in [0.3, 0.4) is 0 Å². The molecule has 0 aliphatic rings. The number of rotatable bonds is 10. The van der Waals surface area contributed by atoms with E-state index in [1.807, 2.05) is 0 Å². The fraction of sp³-hybridized carbons (Fsp3) is 0.538. The molecule has 2 amide bonds. The summed E-state index contributed by atoms with van der Waals surface area (Å²) in [5, 5.41) is 0. The summed E-state index contributed by atoms with van der Waals surface area (Å²) >= 11 is 0. The van der Waals surface area contributed by atoms with E-state index in [4.69, 9.17) is 0 Å². The minimum absolute atomic E-state index is 0.121. The van der Waals surface area contributed by atoms with Gasteiger partial charge in [0.2, 0.25) is 12.8 Å². The summed E-state index contributed by atoms with van der Waals surface area (Å²) in [4.78, 5) is 24.7. The van der Waals surface area contributed by atoms with Crippen LogP contribution < -0.4 is 0 Å². The van der Waals surface area contributed by atoms with Crippen LogP contribution in [0, 0.1) is 5.41 Å². The Morgan fingerprint density at radius 3 is 1.47 bits per heavy atom. The van der Waals surface area contributed by atoms with Gasteiger partial charge in [-0.05, 0) is 25.2 Å². The third kappa shape index (κ3) is 4.43. The van der Waals surface area contributed by atoms with Crippen LogP contribution in [-0.4, -0.2) is 35.7 Å². The van der Waals surface area contributed by atoms with E-state index in [9.17, 15) is 9.59 Å². The van der Waals surface area contributed by atoms with Gasteiger partial charge in [0.25, 0.3) is 0 Å². The molecule has 0 rings (SSSR count). The maximum Gasteiger partial charge on any atom is 0.213 e. The molecule has 0 aromatic heterocycles. The predicted octanol–water partition coefficient (Wildman–Crippen LogP) is 2.00. The van der Waals surface area contributed by atoms with Crippen molar-refractivity contribution in [2.75, 3.05) is 13.1 Å². The van der Waals surface area contributed by atoms with Crippen molar-refractivity contribution in [3.05, 3.63) is 25.6 Å². The zero-order valence-corrected chi connectivity index (χ0v) is 10.8. The van der Waals surface area contributed by atoms with Gasteiger partial charge in [0, 0.05) is 18.5 Å². The van der Waals surface area contributed by atoms with E-state index in [0.717, 1.165) is 25.7 Å². The largest absolute Gasteiger partial charge is 0.322 e. The van der Waals surface area contributed by atoms with E-state index in [2.05, 4.69) is 27.0 Å². The molecule has 0 saturated carbocycles. The van der Waals surface area contributed by atoms with E-state index in [1.165, 1.54) is 22.2 Å². The molecule has 0 bridgehead atoms. The van der Waals surface area contributed by atoms with Gasteiger partial charge in [-0.2, -0.15) is 0 Å². The summed E-state index contributed by atoms with van der Waals surface area (Å²) in [6, 6.07) is 0. The van der Waals surface area contributed by atoms with Crippen molar-refractivity contribution in [1.82, 2.24) is 9.80 Å². The second-order valence-electron chi connectivity index (χ2n) is 4.13. The fourth-order valence-corrected chi connectivity index (χ4v) is 1.81. The smallest absolute Gasteiger partial charge is 0.213 e. The van der Waals surface area contributed by atoms with Gasteiger partial charge >= 0.3 is 0 Å². The highest BCUT2D eigenvalue weighted by atomic mass is 16.1. The molecule has 4 heteroatoms. The Kier molecular flexibility index (Phi) is 6.94. The minimum atomic E-state index is -0.121. The van der Waals surface area contributed by atoms with Crippen LogP contribution in [0.1, 0.15) is 26.7 Å². The average molecular weight is 238 g/mol. The second-order valence-corrected chi connectivity index (χ2v) is 4.13. The molecular formula is C13H22N2O2. The molecule has 0 aliphatic carbocycles. The molecule has 4 nitrogen and oxygen atoms in total. The molecule has 0 unspecified atom stereocenters. The zero-order valence-electron chi connectivity index (χ0n) is 10.8.